The van der Waals surface area contributed by atoms with Crippen LogP contribution in [0.2, 0.25) is 0 Å². The van der Waals surface area contributed by atoms with Crippen molar-refractivity contribution in [1.29, 1.82) is 0 Å². The van der Waals surface area contributed by atoms with Crippen LogP contribution < -0.4 is 4.74 Å². The molecule has 0 aliphatic rings. The summed E-state index contributed by atoms with van der Waals surface area (Å²) in [5, 5.41) is 0. The summed E-state index contributed by atoms with van der Waals surface area (Å²) >= 11 is 1.38. The molecule has 1 heterocycles. The Morgan fingerprint density at radius 2 is 1.94 bits per heavy atom. The molecule has 0 radical (unpaired) electrons. The number of hydrogen-bond donors (Lipinski definition) is 0. The molecule has 0 aliphatic heterocycles. The van der Waals surface area contributed by atoms with Crippen molar-refractivity contribution in [3.05, 3.63) is 51.7 Å². The zero-order chi connectivity index (χ0) is 13.1. The smallest absolute Gasteiger partial charge is 0.353 e. The number of rotatable bonds is 3. The summed E-state index contributed by atoms with van der Waals surface area (Å²) in [7, 11) is 0. The second kappa shape index (κ2) is 5.14. The lowest BCUT2D eigenvalue weighted by atomic mass is 10.1. The molecule has 4 heteroatoms. The molecular formula is C14H12O3S. The van der Waals surface area contributed by atoms with E-state index in [1.165, 1.54) is 18.3 Å². The quantitative estimate of drug-likeness (QED) is 0.482. The van der Waals surface area contributed by atoms with E-state index >= 15 is 0 Å². The van der Waals surface area contributed by atoms with Gasteiger partial charge in [-0.05, 0) is 38.1 Å². The number of hydrogen-bond acceptors (Lipinski definition) is 4. The average Bonchev–Trinajstić information content (AvgIpc) is 2.76. The minimum absolute atomic E-state index is 0.0557. The standard InChI is InChI=1S/C14H12O3S/c1-9-6-7-13(18-9)14(16)17-12-5-3-4-11(8-12)10(2)15/h3-8H,1-2H3. The van der Waals surface area contributed by atoms with Crippen LogP contribution in [-0.4, -0.2) is 11.8 Å². The average molecular weight is 260 g/mol. The Bertz CT molecular complexity index is 599. The van der Waals surface area contributed by atoms with E-state index in [4.69, 9.17) is 4.74 Å². The van der Waals surface area contributed by atoms with Crippen molar-refractivity contribution in [3.63, 3.8) is 0 Å². The van der Waals surface area contributed by atoms with E-state index in [0.717, 1.165) is 4.88 Å². The molecule has 0 amide bonds. The summed E-state index contributed by atoms with van der Waals surface area (Å²) in [4.78, 5) is 24.6. The van der Waals surface area contributed by atoms with Crippen LogP contribution >= 0.6 is 11.3 Å². The van der Waals surface area contributed by atoms with Crippen molar-refractivity contribution in [2.75, 3.05) is 0 Å². The molecule has 18 heavy (non-hydrogen) atoms. The predicted octanol–water partition coefficient (Wildman–Crippen LogP) is 3.48. The molecule has 0 N–H and O–H groups in total. The third-order valence-electron chi connectivity index (χ3n) is 2.39. The van der Waals surface area contributed by atoms with Crippen molar-refractivity contribution in [3.8, 4) is 5.75 Å². The molecule has 92 valence electrons. The van der Waals surface area contributed by atoms with Gasteiger partial charge in [0.2, 0.25) is 0 Å². The Labute approximate surface area is 109 Å². The molecular weight excluding hydrogens is 248 g/mol. The van der Waals surface area contributed by atoms with Crippen molar-refractivity contribution >= 4 is 23.1 Å². The SMILES string of the molecule is CC(=O)c1cccc(OC(=O)c2ccc(C)s2)c1. The van der Waals surface area contributed by atoms with Gasteiger partial charge in [-0.2, -0.15) is 0 Å². The molecule has 1 aromatic heterocycles. The van der Waals surface area contributed by atoms with E-state index in [1.54, 1.807) is 30.3 Å². The summed E-state index contributed by atoms with van der Waals surface area (Å²) in [6, 6.07) is 10.2. The van der Waals surface area contributed by atoms with Gasteiger partial charge in [0.05, 0.1) is 0 Å². The summed E-state index contributed by atoms with van der Waals surface area (Å²) in [6.45, 7) is 3.40. The van der Waals surface area contributed by atoms with Crippen LogP contribution in [0.5, 0.6) is 5.75 Å². The number of carbonyl (C=O) groups excluding carboxylic acids is 2. The minimum atomic E-state index is -0.395. The Morgan fingerprint density at radius 3 is 2.56 bits per heavy atom. The van der Waals surface area contributed by atoms with E-state index in [-0.39, 0.29) is 5.78 Å². The normalized spacial score (nSPS) is 10.1. The van der Waals surface area contributed by atoms with Gasteiger partial charge in [0.1, 0.15) is 10.6 Å². The maximum Gasteiger partial charge on any atom is 0.353 e. The first-order valence-corrected chi connectivity index (χ1v) is 6.27. The van der Waals surface area contributed by atoms with E-state index in [9.17, 15) is 9.59 Å². The van der Waals surface area contributed by atoms with Gasteiger partial charge >= 0.3 is 5.97 Å². The number of Topliss-reactive ketones (excluding diaryl/α,β-unsaturated/α-hetero) is 1. The van der Waals surface area contributed by atoms with Crippen LogP contribution in [0.25, 0.3) is 0 Å². The molecule has 0 spiro atoms. The lowest BCUT2D eigenvalue weighted by Crippen LogP contribution is -2.06. The largest absolute Gasteiger partial charge is 0.422 e. The van der Waals surface area contributed by atoms with Gasteiger partial charge in [-0.1, -0.05) is 12.1 Å². The van der Waals surface area contributed by atoms with Gasteiger partial charge in [0, 0.05) is 10.4 Å². The molecule has 0 bridgehead atoms. The fourth-order valence-electron chi connectivity index (χ4n) is 1.48. The van der Waals surface area contributed by atoms with E-state index in [2.05, 4.69) is 0 Å². The van der Waals surface area contributed by atoms with Gasteiger partial charge in [0.15, 0.2) is 5.78 Å². The van der Waals surface area contributed by atoms with E-state index < -0.39 is 5.97 Å². The zero-order valence-corrected chi connectivity index (χ0v) is 10.9. The molecule has 0 saturated carbocycles. The van der Waals surface area contributed by atoms with Gasteiger partial charge in [-0.15, -0.1) is 11.3 Å². The summed E-state index contributed by atoms with van der Waals surface area (Å²) in [5.41, 5.74) is 0.530. The fraction of sp³-hybridized carbons (Fsp3) is 0.143. The number of ether oxygens (including phenoxy) is 1. The Hall–Kier alpha value is -1.94. The van der Waals surface area contributed by atoms with Crippen molar-refractivity contribution in [1.82, 2.24) is 0 Å². The second-order valence-electron chi connectivity index (χ2n) is 3.88. The predicted molar refractivity (Wildman–Crippen MR) is 70.5 cm³/mol. The Kier molecular flexibility index (Phi) is 3.58. The minimum Gasteiger partial charge on any atom is -0.422 e. The molecule has 2 aromatic rings. The topological polar surface area (TPSA) is 43.4 Å². The van der Waals surface area contributed by atoms with Crippen LogP contribution in [0.1, 0.15) is 31.8 Å². The first kappa shape index (κ1) is 12.5. The lowest BCUT2D eigenvalue weighted by molar-refractivity contribution is 0.0738. The van der Waals surface area contributed by atoms with Gasteiger partial charge < -0.3 is 4.74 Å². The van der Waals surface area contributed by atoms with E-state index in [1.807, 2.05) is 13.0 Å². The van der Waals surface area contributed by atoms with Crippen LogP contribution in [0.15, 0.2) is 36.4 Å². The van der Waals surface area contributed by atoms with Crippen LogP contribution in [0.4, 0.5) is 0 Å². The molecule has 0 unspecified atom stereocenters. The summed E-state index contributed by atoms with van der Waals surface area (Å²) in [5.74, 6) is -0.0626. The van der Waals surface area contributed by atoms with Crippen LogP contribution in [0, 0.1) is 6.92 Å². The molecule has 2 rings (SSSR count). The molecule has 3 nitrogen and oxygen atoms in total. The number of carbonyl (C=O) groups is 2. The Balaban J connectivity index is 2.16. The first-order chi connectivity index (χ1) is 8.56. The molecule has 0 saturated heterocycles. The maximum absolute atomic E-state index is 11.8. The first-order valence-electron chi connectivity index (χ1n) is 5.46. The highest BCUT2D eigenvalue weighted by atomic mass is 32.1. The third-order valence-corrected chi connectivity index (χ3v) is 3.37. The van der Waals surface area contributed by atoms with Gasteiger partial charge in [-0.3, -0.25) is 4.79 Å². The zero-order valence-electron chi connectivity index (χ0n) is 10.1. The van der Waals surface area contributed by atoms with Gasteiger partial charge in [-0.25, -0.2) is 4.79 Å². The fourth-order valence-corrected chi connectivity index (χ4v) is 2.22. The number of ketones is 1. The molecule has 0 atom stereocenters. The highest BCUT2D eigenvalue weighted by Gasteiger charge is 2.11. The van der Waals surface area contributed by atoms with Crippen molar-refractivity contribution in [2.24, 2.45) is 0 Å². The third kappa shape index (κ3) is 2.84. The maximum atomic E-state index is 11.8. The lowest BCUT2D eigenvalue weighted by Gasteiger charge is -2.03. The second-order valence-corrected chi connectivity index (χ2v) is 5.17. The van der Waals surface area contributed by atoms with Crippen LogP contribution in [0.3, 0.4) is 0 Å². The molecule has 0 fully saturated rings. The van der Waals surface area contributed by atoms with Gasteiger partial charge in [0.25, 0.3) is 0 Å². The Morgan fingerprint density at radius 1 is 1.17 bits per heavy atom. The monoisotopic (exact) mass is 260 g/mol. The number of thiophene rings is 1. The summed E-state index contributed by atoms with van der Waals surface area (Å²) < 4.78 is 5.22. The number of esters is 1. The molecule has 1 aromatic carbocycles. The summed E-state index contributed by atoms with van der Waals surface area (Å²) in [6.07, 6.45) is 0. The van der Waals surface area contributed by atoms with Crippen molar-refractivity contribution < 1.29 is 14.3 Å². The van der Waals surface area contributed by atoms with E-state index in [0.29, 0.717) is 16.2 Å². The number of benzene rings is 1. The highest BCUT2D eigenvalue weighted by molar-refractivity contribution is 7.13. The van der Waals surface area contributed by atoms with Crippen LogP contribution in [-0.2, 0) is 0 Å². The molecule has 0 aliphatic carbocycles. The number of aryl methyl sites for hydroxylation is 1. The van der Waals surface area contributed by atoms with Crippen molar-refractivity contribution in [2.45, 2.75) is 13.8 Å². The highest BCUT2D eigenvalue weighted by Crippen LogP contribution is 2.19.